The SMILES string of the molecule is CCCCCCCCN(Cc1ccccc1)C(=O)CCC(C)[C@H]1CC[C@H]2C3[C@H](O)CC4C[C@H](O)CCC4(C)[C@H]3C[C@H](O)C12C. The molecule has 4 aliphatic rings. The molecule has 4 saturated carbocycles. The van der Waals surface area contributed by atoms with Gasteiger partial charge in [-0.1, -0.05) is 90.1 Å². The van der Waals surface area contributed by atoms with Crippen molar-refractivity contribution in [2.45, 2.75) is 149 Å². The van der Waals surface area contributed by atoms with E-state index in [1.54, 1.807) is 0 Å². The van der Waals surface area contributed by atoms with E-state index in [1.807, 2.05) is 6.07 Å². The van der Waals surface area contributed by atoms with Gasteiger partial charge in [0.25, 0.3) is 0 Å². The Labute approximate surface area is 268 Å². The predicted octanol–water partition coefficient (Wildman–Crippen LogP) is 7.75. The number of rotatable bonds is 13. The Kier molecular flexibility index (Phi) is 11.2. The van der Waals surface area contributed by atoms with E-state index in [0.29, 0.717) is 42.6 Å². The second-order valence-electron chi connectivity index (χ2n) is 16.1. The molecule has 0 radical (unpaired) electrons. The van der Waals surface area contributed by atoms with Gasteiger partial charge in [-0.25, -0.2) is 0 Å². The number of nitrogens with zero attached hydrogens (tertiary/aromatic N) is 1. The number of fused-ring (bicyclic) bond motifs is 5. The second-order valence-corrected chi connectivity index (χ2v) is 16.1. The summed E-state index contributed by atoms with van der Waals surface area (Å²) < 4.78 is 0. The molecule has 5 heteroatoms. The number of amides is 1. The third kappa shape index (κ3) is 6.81. The standard InChI is InChI=1S/C39H63NO4/c1-5-6-7-8-9-13-22-40(26-28-14-11-10-12-15-28)36(44)19-16-27(2)31-17-18-32-37-33(25-35(43)39(31,32)4)38(3)21-20-30(41)23-29(38)24-34(37)42/h10-12,14-15,27,29-35,37,41-43H,5-9,13,16-26H2,1-4H3/t27?,29?,30-,31-,32+,33+,34-,35+,37?,38?,39?/m1/s1. The average Bonchev–Trinajstić information content (AvgIpc) is 3.37. The van der Waals surface area contributed by atoms with Crippen LogP contribution in [0.4, 0.5) is 0 Å². The zero-order chi connectivity index (χ0) is 31.5. The molecule has 0 saturated heterocycles. The number of unbranched alkanes of at least 4 members (excludes halogenated alkanes) is 5. The van der Waals surface area contributed by atoms with Crippen molar-refractivity contribution >= 4 is 5.91 Å². The van der Waals surface area contributed by atoms with Gasteiger partial charge in [-0.15, -0.1) is 0 Å². The first-order chi connectivity index (χ1) is 21.1. The molecule has 1 aromatic carbocycles. The lowest BCUT2D eigenvalue weighted by molar-refractivity contribution is -0.207. The minimum Gasteiger partial charge on any atom is -0.393 e. The normalized spacial score (nSPS) is 38.8. The van der Waals surface area contributed by atoms with Crippen molar-refractivity contribution in [3.05, 3.63) is 35.9 Å². The molecule has 0 spiro atoms. The van der Waals surface area contributed by atoms with Gasteiger partial charge in [0.05, 0.1) is 18.3 Å². The van der Waals surface area contributed by atoms with Gasteiger partial charge in [0.1, 0.15) is 0 Å². The second kappa shape index (κ2) is 14.6. The predicted molar refractivity (Wildman–Crippen MR) is 178 cm³/mol. The molecular weight excluding hydrogens is 546 g/mol. The van der Waals surface area contributed by atoms with E-state index < -0.39 is 0 Å². The molecule has 5 nitrogen and oxygen atoms in total. The first-order valence-corrected chi connectivity index (χ1v) is 18.4. The molecule has 0 aromatic heterocycles. The first-order valence-electron chi connectivity index (χ1n) is 18.4. The maximum absolute atomic E-state index is 13.7. The smallest absolute Gasteiger partial charge is 0.222 e. The van der Waals surface area contributed by atoms with Crippen LogP contribution in [-0.4, -0.2) is 51.0 Å². The lowest BCUT2D eigenvalue weighted by atomic mass is 9.43. The topological polar surface area (TPSA) is 81.0 Å². The van der Waals surface area contributed by atoms with E-state index >= 15 is 0 Å². The molecule has 1 amide bonds. The van der Waals surface area contributed by atoms with Crippen molar-refractivity contribution in [3.8, 4) is 0 Å². The van der Waals surface area contributed by atoms with E-state index in [4.69, 9.17) is 0 Å². The largest absolute Gasteiger partial charge is 0.393 e. The molecule has 5 rings (SSSR count). The number of carbonyl (C=O) groups excluding carboxylic acids is 1. The fourth-order valence-corrected chi connectivity index (χ4v) is 11.0. The molecule has 11 atom stereocenters. The lowest BCUT2D eigenvalue weighted by Crippen LogP contribution is -2.62. The number of aliphatic hydroxyl groups is 3. The van der Waals surface area contributed by atoms with Crippen LogP contribution >= 0.6 is 0 Å². The zero-order valence-corrected chi connectivity index (χ0v) is 28.3. The summed E-state index contributed by atoms with van der Waals surface area (Å²) in [4.78, 5) is 15.8. The fourth-order valence-electron chi connectivity index (χ4n) is 11.0. The zero-order valence-electron chi connectivity index (χ0n) is 28.3. The number of hydrogen-bond donors (Lipinski definition) is 3. The van der Waals surface area contributed by atoms with Crippen LogP contribution in [0.25, 0.3) is 0 Å². The van der Waals surface area contributed by atoms with Gasteiger partial charge in [0.2, 0.25) is 5.91 Å². The van der Waals surface area contributed by atoms with Gasteiger partial charge >= 0.3 is 0 Å². The van der Waals surface area contributed by atoms with Gasteiger partial charge in [0, 0.05) is 19.5 Å². The van der Waals surface area contributed by atoms with Crippen molar-refractivity contribution in [1.29, 1.82) is 0 Å². The summed E-state index contributed by atoms with van der Waals surface area (Å²) in [7, 11) is 0. The Morgan fingerprint density at radius 1 is 0.932 bits per heavy atom. The quantitative estimate of drug-likeness (QED) is 0.200. The molecule has 4 fully saturated rings. The number of hydrogen-bond acceptors (Lipinski definition) is 4. The maximum atomic E-state index is 13.7. The molecule has 4 aliphatic carbocycles. The van der Waals surface area contributed by atoms with Crippen molar-refractivity contribution in [3.63, 3.8) is 0 Å². The molecule has 0 aliphatic heterocycles. The lowest BCUT2D eigenvalue weighted by Gasteiger charge is -2.63. The van der Waals surface area contributed by atoms with Crippen molar-refractivity contribution < 1.29 is 20.1 Å². The van der Waals surface area contributed by atoms with Crippen LogP contribution in [0.5, 0.6) is 0 Å². The van der Waals surface area contributed by atoms with Gasteiger partial charge in [-0.2, -0.15) is 0 Å². The van der Waals surface area contributed by atoms with Crippen LogP contribution < -0.4 is 0 Å². The van der Waals surface area contributed by atoms with Crippen molar-refractivity contribution in [2.75, 3.05) is 6.54 Å². The first kappa shape index (κ1) is 33.9. The minimum absolute atomic E-state index is 0.0970. The summed E-state index contributed by atoms with van der Waals surface area (Å²) in [6, 6.07) is 10.4. The molecule has 248 valence electrons. The highest BCUT2D eigenvalue weighted by Crippen LogP contribution is 2.68. The van der Waals surface area contributed by atoms with Gasteiger partial charge in [-0.3, -0.25) is 4.79 Å². The van der Waals surface area contributed by atoms with Gasteiger partial charge in [0.15, 0.2) is 0 Å². The number of carbonyl (C=O) groups is 1. The van der Waals surface area contributed by atoms with Crippen LogP contribution in [0.1, 0.15) is 130 Å². The summed E-state index contributed by atoms with van der Waals surface area (Å²) in [6.07, 6.45) is 14.1. The summed E-state index contributed by atoms with van der Waals surface area (Å²) in [5, 5.41) is 33.9. The summed E-state index contributed by atoms with van der Waals surface area (Å²) >= 11 is 0. The molecule has 0 heterocycles. The molecule has 3 N–H and O–H groups in total. The van der Waals surface area contributed by atoms with Crippen LogP contribution in [-0.2, 0) is 11.3 Å². The molecule has 5 unspecified atom stereocenters. The van der Waals surface area contributed by atoms with E-state index in [1.165, 1.54) is 37.7 Å². The third-order valence-corrected chi connectivity index (χ3v) is 13.7. The Morgan fingerprint density at radius 2 is 1.66 bits per heavy atom. The minimum atomic E-state index is -0.378. The number of aliphatic hydroxyl groups excluding tert-OH is 3. The third-order valence-electron chi connectivity index (χ3n) is 13.7. The highest BCUT2D eigenvalue weighted by Gasteiger charge is 2.65. The van der Waals surface area contributed by atoms with Crippen LogP contribution in [0.15, 0.2) is 30.3 Å². The molecule has 1 aromatic rings. The maximum Gasteiger partial charge on any atom is 0.222 e. The molecule has 44 heavy (non-hydrogen) atoms. The fraction of sp³-hybridized carbons (Fsp3) is 0.821. The van der Waals surface area contributed by atoms with Crippen molar-refractivity contribution in [2.24, 2.45) is 46.3 Å². The van der Waals surface area contributed by atoms with Crippen LogP contribution in [0, 0.1) is 46.3 Å². The Hall–Kier alpha value is -1.43. The van der Waals surface area contributed by atoms with Crippen molar-refractivity contribution in [1.82, 2.24) is 4.90 Å². The Bertz CT molecular complexity index is 1060. The highest BCUT2D eigenvalue weighted by atomic mass is 16.3. The van der Waals surface area contributed by atoms with Crippen LogP contribution in [0.2, 0.25) is 0 Å². The van der Waals surface area contributed by atoms with Crippen LogP contribution in [0.3, 0.4) is 0 Å². The Morgan fingerprint density at radius 3 is 2.41 bits per heavy atom. The van der Waals surface area contributed by atoms with E-state index in [9.17, 15) is 20.1 Å². The van der Waals surface area contributed by atoms with Gasteiger partial charge < -0.3 is 20.2 Å². The monoisotopic (exact) mass is 609 g/mol. The summed E-state index contributed by atoms with van der Waals surface area (Å²) in [5.74, 6) is 2.19. The van der Waals surface area contributed by atoms with E-state index in [2.05, 4.69) is 56.9 Å². The van der Waals surface area contributed by atoms with Gasteiger partial charge in [-0.05, 0) is 110 Å². The molecule has 0 bridgehead atoms. The average molecular weight is 610 g/mol. The highest BCUT2D eigenvalue weighted by molar-refractivity contribution is 5.76. The number of benzene rings is 1. The summed E-state index contributed by atoms with van der Waals surface area (Å²) in [6.45, 7) is 10.8. The van der Waals surface area contributed by atoms with E-state index in [-0.39, 0.29) is 41.0 Å². The summed E-state index contributed by atoms with van der Waals surface area (Å²) in [5.41, 5.74) is 1.07. The molecular formula is C39H63NO4. The Balaban J connectivity index is 1.22. The van der Waals surface area contributed by atoms with E-state index in [0.717, 1.165) is 64.3 Å².